The third-order valence-corrected chi connectivity index (χ3v) is 3.18. The van der Waals surface area contributed by atoms with Crippen LogP contribution in [-0.2, 0) is 28.8 Å². The Morgan fingerprint density at radius 3 is 2.88 bits per heavy atom. The van der Waals surface area contributed by atoms with Crippen LogP contribution in [0.4, 0.5) is 0 Å². The van der Waals surface area contributed by atoms with Gasteiger partial charge in [-0.1, -0.05) is 0 Å². The van der Waals surface area contributed by atoms with Crippen molar-refractivity contribution in [2.75, 3.05) is 6.61 Å². The molecule has 3 nitrogen and oxygen atoms in total. The number of phenolic OH excluding ortho intramolecular Hbond substituents is 1. The fourth-order valence-electron chi connectivity index (χ4n) is 2.47. The van der Waals surface area contributed by atoms with E-state index in [1.54, 1.807) is 13.0 Å². The maximum atomic E-state index is 11.5. The lowest BCUT2D eigenvalue weighted by Crippen LogP contribution is -2.12. The second-order valence-electron chi connectivity index (χ2n) is 4.43. The second kappa shape index (κ2) is 5.21. The van der Waals surface area contributed by atoms with Crippen LogP contribution in [-0.4, -0.2) is 17.7 Å². The fraction of sp³-hybridized carbons (Fsp3) is 0.500. The Labute approximate surface area is 101 Å². The Balaban J connectivity index is 2.26. The van der Waals surface area contributed by atoms with Crippen LogP contribution in [0.2, 0.25) is 0 Å². The molecule has 0 aliphatic heterocycles. The Morgan fingerprint density at radius 2 is 2.12 bits per heavy atom. The van der Waals surface area contributed by atoms with Crippen LogP contribution in [0, 0.1) is 0 Å². The van der Waals surface area contributed by atoms with Crippen LogP contribution >= 0.6 is 0 Å². The Kier molecular flexibility index (Phi) is 3.67. The van der Waals surface area contributed by atoms with Crippen LogP contribution < -0.4 is 0 Å². The van der Waals surface area contributed by atoms with Gasteiger partial charge in [0.25, 0.3) is 0 Å². The van der Waals surface area contributed by atoms with Crippen LogP contribution in [0.3, 0.4) is 0 Å². The normalized spacial score (nSPS) is 14.2. The molecule has 3 heteroatoms. The van der Waals surface area contributed by atoms with Gasteiger partial charge in [-0.15, -0.1) is 0 Å². The molecular weight excluding hydrogens is 216 g/mol. The smallest absolute Gasteiger partial charge is 0.310 e. The van der Waals surface area contributed by atoms with Crippen molar-refractivity contribution in [2.45, 2.75) is 39.0 Å². The number of ether oxygens (including phenoxy) is 1. The summed E-state index contributed by atoms with van der Waals surface area (Å²) in [5, 5.41) is 9.66. The van der Waals surface area contributed by atoms with Gasteiger partial charge in [0.15, 0.2) is 0 Å². The first-order valence-corrected chi connectivity index (χ1v) is 6.20. The highest BCUT2D eigenvalue weighted by molar-refractivity contribution is 5.73. The summed E-state index contributed by atoms with van der Waals surface area (Å²) in [4.78, 5) is 11.5. The third kappa shape index (κ3) is 2.78. The van der Waals surface area contributed by atoms with Crippen LogP contribution in [0.15, 0.2) is 12.1 Å². The van der Waals surface area contributed by atoms with Crippen molar-refractivity contribution in [3.8, 4) is 5.75 Å². The molecule has 0 spiro atoms. The number of aryl methyl sites for hydroxylation is 1. The van der Waals surface area contributed by atoms with Crippen LogP contribution in [0.1, 0.15) is 36.5 Å². The first-order chi connectivity index (χ1) is 8.20. The lowest BCUT2D eigenvalue weighted by atomic mass is 9.87. The maximum absolute atomic E-state index is 11.5. The highest BCUT2D eigenvalue weighted by Crippen LogP contribution is 2.29. The van der Waals surface area contributed by atoms with Crippen molar-refractivity contribution in [1.29, 1.82) is 0 Å². The van der Waals surface area contributed by atoms with Gasteiger partial charge in [-0.2, -0.15) is 0 Å². The molecule has 0 atom stereocenters. The first-order valence-electron chi connectivity index (χ1n) is 6.20. The highest BCUT2D eigenvalue weighted by atomic mass is 16.5. The minimum Gasteiger partial charge on any atom is -0.508 e. The monoisotopic (exact) mass is 234 g/mol. The summed E-state index contributed by atoms with van der Waals surface area (Å²) in [5.41, 5.74) is 3.36. The molecule has 2 rings (SSSR count). The molecule has 1 aliphatic carbocycles. The van der Waals surface area contributed by atoms with Crippen molar-refractivity contribution in [3.63, 3.8) is 0 Å². The summed E-state index contributed by atoms with van der Waals surface area (Å²) >= 11 is 0. The topological polar surface area (TPSA) is 46.5 Å². The molecule has 0 unspecified atom stereocenters. The van der Waals surface area contributed by atoms with E-state index in [1.165, 1.54) is 11.1 Å². The van der Waals surface area contributed by atoms with Gasteiger partial charge in [-0.3, -0.25) is 4.79 Å². The van der Waals surface area contributed by atoms with Gasteiger partial charge in [-0.05, 0) is 61.4 Å². The second-order valence-corrected chi connectivity index (χ2v) is 4.43. The van der Waals surface area contributed by atoms with E-state index in [2.05, 4.69) is 0 Å². The summed E-state index contributed by atoms with van der Waals surface area (Å²) in [6, 6.07) is 3.52. The largest absolute Gasteiger partial charge is 0.508 e. The Morgan fingerprint density at radius 1 is 1.35 bits per heavy atom. The Hall–Kier alpha value is -1.51. The van der Waals surface area contributed by atoms with E-state index in [4.69, 9.17) is 4.74 Å². The van der Waals surface area contributed by atoms with E-state index in [9.17, 15) is 9.90 Å². The number of hydrogen-bond acceptors (Lipinski definition) is 3. The van der Waals surface area contributed by atoms with Crippen molar-refractivity contribution in [2.24, 2.45) is 0 Å². The molecule has 1 aliphatic rings. The minimum atomic E-state index is -0.217. The van der Waals surface area contributed by atoms with Gasteiger partial charge in [0.2, 0.25) is 0 Å². The molecule has 0 saturated carbocycles. The molecule has 0 saturated heterocycles. The summed E-state index contributed by atoms with van der Waals surface area (Å²) in [7, 11) is 0. The lowest BCUT2D eigenvalue weighted by molar-refractivity contribution is -0.142. The molecule has 0 fully saturated rings. The molecule has 1 aromatic rings. The molecule has 0 amide bonds. The summed E-state index contributed by atoms with van der Waals surface area (Å²) < 4.78 is 4.96. The predicted octanol–water partition coefficient (Wildman–Crippen LogP) is 2.38. The molecule has 17 heavy (non-hydrogen) atoms. The molecule has 92 valence electrons. The number of benzene rings is 1. The summed E-state index contributed by atoms with van der Waals surface area (Å²) in [5.74, 6) is 0.0378. The number of phenols is 1. The van der Waals surface area contributed by atoms with Gasteiger partial charge < -0.3 is 9.84 Å². The quantitative estimate of drug-likeness (QED) is 0.817. The molecule has 0 radical (unpaired) electrons. The molecule has 0 heterocycles. The zero-order chi connectivity index (χ0) is 12.3. The van der Waals surface area contributed by atoms with Crippen molar-refractivity contribution >= 4 is 5.97 Å². The average Bonchev–Trinajstić information content (AvgIpc) is 2.29. The minimum absolute atomic E-state index is 0.217. The van der Waals surface area contributed by atoms with Crippen molar-refractivity contribution in [1.82, 2.24) is 0 Å². The molecule has 0 aromatic heterocycles. The number of carbonyl (C=O) groups is 1. The van der Waals surface area contributed by atoms with E-state index in [-0.39, 0.29) is 18.1 Å². The van der Waals surface area contributed by atoms with E-state index in [1.807, 2.05) is 6.07 Å². The summed E-state index contributed by atoms with van der Waals surface area (Å²) in [6.45, 7) is 2.20. The van der Waals surface area contributed by atoms with E-state index < -0.39 is 0 Å². The third-order valence-electron chi connectivity index (χ3n) is 3.18. The zero-order valence-corrected chi connectivity index (χ0v) is 10.2. The first kappa shape index (κ1) is 12.0. The van der Waals surface area contributed by atoms with Crippen molar-refractivity contribution in [3.05, 3.63) is 28.8 Å². The SMILES string of the molecule is CCOC(=O)Cc1cc(O)cc2c1CCCC2. The Bertz CT molecular complexity index is 424. The zero-order valence-electron chi connectivity index (χ0n) is 10.2. The van der Waals surface area contributed by atoms with Gasteiger partial charge in [0, 0.05) is 0 Å². The van der Waals surface area contributed by atoms with Crippen LogP contribution in [0.25, 0.3) is 0 Å². The molecular formula is C14H18O3. The van der Waals surface area contributed by atoms with Crippen LogP contribution in [0.5, 0.6) is 5.75 Å². The molecule has 1 aromatic carbocycles. The van der Waals surface area contributed by atoms with E-state index >= 15 is 0 Å². The van der Waals surface area contributed by atoms with Gasteiger partial charge in [0.1, 0.15) is 5.75 Å². The van der Waals surface area contributed by atoms with Gasteiger partial charge in [0.05, 0.1) is 13.0 Å². The number of rotatable bonds is 3. The number of hydrogen-bond donors (Lipinski definition) is 1. The number of aromatic hydroxyl groups is 1. The van der Waals surface area contributed by atoms with Crippen molar-refractivity contribution < 1.29 is 14.6 Å². The molecule has 0 bridgehead atoms. The van der Waals surface area contributed by atoms with Gasteiger partial charge >= 0.3 is 5.97 Å². The number of fused-ring (bicyclic) bond motifs is 1. The van der Waals surface area contributed by atoms with E-state index in [0.717, 1.165) is 31.2 Å². The fourth-order valence-corrected chi connectivity index (χ4v) is 2.47. The summed E-state index contributed by atoms with van der Waals surface area (Å²) in [6.07, 6.45) is 4.59. The average molecular weight is 234 g/mol. The maximum Gasteiger partial charge on any atom is 0.310 e. The standard InChI is InChI=1S/C14H18O3/c1-2-17-14(16)9-11-8-12(15)7-10-5-3-4-6-13(10)11/h7-8,15H,2-6,9H2,1H3. The van der Waals surface area contributed by atoms with E-state index in [0.29, 0.717) is 6.61 Å². The molecule has 1 N–H and O–H groups in total. The number of esters is 1. The number of carbonyl (C=O) groups excluding carboxylic acids is 1. The lowest BCUT2D eigenvalue weighted by Gasteiger charge is -2.19. The highest BCUT2D eigenvalue weighted by Gasteiger charge is 2.17. The predicted molar refractivity (Wildman–Crippen MR) is 65.1 cm³/mol. The van der Waals surface area contributed by atoms with Gasteiger partial charge in [-0.25, -0.2) is 0 Å².